The molecule has 0 bridgehead atoms. The standard InChI is InChI=1S/C11H17NO2/c1-8-6-12(7-9(8)2)10(13)14-11(3,4)5/h1-2,6-7H2,3-5H3. The molecule has 1 amide bonds. The van der Waals surface area contributed by atoms with Crippen molar-refractivity contribution in [2.45, 2.75) is 26.4 Å². The molecule has 0 aliphatic carbocycles. The van der Waals surface area contributed by atoms with Crippen LogP contribution in [0.1, 0.15) is 20.8 Å². The monoisotopic (exact) mass is 195 g/mol. The molecule has 0 unspecified atom stereocenters. The average Bonchev–Trinajstić information content (AvgIpc) is 2.28. The van der Waals surface area contributed by atoms with E-state index in [1.54, 1.807) is 4.90 Å². The summed E-state index contributed by atoms with van der Waals surface area (Å²) in [5, 5.41) is 0. The molecule has 0 spiro atoms. The molecular formula is C11H17NO2. The van der Waals surface area contributed by atoms with Gasteiger partial charge in [0.15, 0.2) is 0 Å². The van der Waals surface area contributed by atoms with Gasteiger partial charge >= 0.3 is 6.09 Å². The van der Waals surface area contributed by atoms with Crippen molar-refractivity contribution in [3.63, 3.8) is 0 Å². The van der Waals surface area contributed by atoms with E-state index in [1.165, 1.54) is 0 Å². The molecule has 0 atom stereocenters. The Hall–Kier alpha value is -1.25. The van der Waals surface area contributed by atoms with Crippen LogP contribution in [-0.2, 0) is 4.74 Å². The lowest BCUT2D eigenvalue weighted by atomic mass is 10.2. The maximum absolute atomic E-state index is 11.6. The van der Waals surface area contributed by atoms with Gasteiger partial charge in [-0.05, 0) is 31.9 Å². The third-order valence-corrected chi connectivity index (χ3v) is 1.92. The Bertz CT molecular complexity index is 270. The van der Waals surface area contributed by atoms with Gasteiger partial charge in [0.2, 0.25) is 0 Å². The molecule has 3 nitrogen and oxygen atoms in total. The zero-order valence-corrected chi connectivity index (χ0v) is 9.09. The second-order valence-electron chi connectivity index (χ2n) is 4.54. The Morgan fingerprint density at radius 2 is 1.71 bits per heavy atom. The predicted molar refractivity (Wildman–Crippen MR) is 56.1 cm³/mol. The van der Waals surface area contributed by atoms with Crippen LogP contribution < -0.4 is 0 Å². The summed E-state index contributed by atoms with van der Waals surface area (Å²) in [6.45, 7) is 14.3. The first kappa shape index (κ1) is 10.8. The summed E-state index contributed by atoms with van der Waals surface area (Å²) in [6.07, 6.45) is -0.294. The first-order chi connectivity index (χ1) is 6.29. The average molecular weight is 195 g/mol. The van der Waals surface area contributed by atoms with Crippen molar-refractivity contribution in [2.24, 2.45) is 0 Å². The minimum atomic E-state index is -0.442. The molecule has 1 aliphatic heterocycles. The summed E-state index contributed by atoms with van der Waals surface area (Å²) in [5.74, 6) is 0. The van der Waals surface area contributed by atoms with Crippen molar-refractivity contribution < 1.29 is 9.53 Å². The molecule has 0 saturated carbocycles. The van der Waals surface area contributed by atoms with Gasteiger partial charge < -0.3 is 4.74 Å². The van der Waals surface area contributed by atoms with E-state index in [2.05, 4.69) is 13.2 Å². The quantitative estimate of drug-likeness (QED) is 0.593. The summed E-state index contributed by atoms with van der Waals surface area (Å²) < 4.78 is 5.22. The highest BCUT2D eigenvalue weighted by atomic mass is 16.6. The number of carbonyl (C=O) groups excluding carboxylic acids is 1. The molecule has 0 aromatic rings. The highest BCUT2D eigenvalue weighted by Crippen LogP contribution is 2.20. The van der Waals surface area contributed by atoms with Crippen LogP contribution in [0.15, 0.2) is 24.3 Å². The topological polar surface area (TPSA) is 29.5 Å². The molecule has 78 valence electrons. The van der Waals surface area contributed by atoms with Gasteiger partial charge in [-0.25, -0.2) is 4.79 Å². The zero-order chi connectivity index (χ0) is 10.9. The van der Waals surface area contributed by atoms with Crippen molar-refractivity contribution in [1.29, 1.82) is 0 Å². The second kappa shape index (κ2) is 3.48. The van der Waals surface area contributed by atoms with Crippen molar-refractivity contribution >= 4 is 6.09 Å². The van der Waals surface area contributed by atoms with Gasteiger partial charge in [-0.1, -0.05) is 13.2 Å². The van der Waals surface area contributed by atoms with E-state index in [0.717, 1.165) is 11.1 Å². The lowest BCUT2D eigenvalue weighted by Crippen LogP contribution is -2.34. The Labute approximate surface area is 85.0 Å². The van der Waals surface area contributed by atoms with Gasteiger partial charge in [0.25, 0.3) is 0 Å². The molecule has 3 heteroatoms. The third-order valence-electron chi connectivity index (χ3n) is 1.92. The van der Waals surface area contributed by atoms with Crippen molar-refractivity contribution in [3.8, 4) is 0 Å². The molecule has 1 saturated heterocycles. The Kier molecular flexibility index (Phi) is 2.69. The van der Waals surface area contributed by atoms with Crippen LogP contribution in [0.25, 0.3) is 0 Å². The van der Waals surface area contributed by atoms with E-state index in [9.17, 15) is 4.79 Å². The fraction of sp³-hybridized carbons (Fsp3) is 0.545. The Balaban J connectivity index is 2.56. The molecule has 1 fully saturated rings. The minimum absolute atomic E-state index is 0.294. The summed E-state index contributed by atoms with van der Waals surface area (Å²) in [7, 11) is 0. The number of ether oxygens (including phenoxy) is 1. The van der Waals surface area contributed by atoms with Gasteiger partial charge in [-0.3, -0.25) is 4.90 Å². The summed E-state index contributed by atoms with van der Waals surface area (Å²) in [4.78, 5) is 13.2. The molecule has 0 aromatic carbocycles. The number of likely N-dealkylation sites (tertiary alicyclic amines) is 1. The highest BCUT2D eigenvalue weighted by Gasteiger charge is 2.27. The minimum Gasteiger partial charge on any atom is -0.444 e. The van der Waals surface area contributed by atoms with E-state index >= 15 is 0 Å². The van der Waals surface area contributed by atoms with E-state index in [4.69, 9.17) is 4.74 Å². The fourth-order valence-corrected chi connectivity index (χ4v) is 1.20. The van der Waals surface area contributed by atoms with E-state index in [-0.39, 0.29) is 6.09 Å². The number of nitrogens with zero attached hydrogens (tertiary/aromatic N) is 1. The summed E-state index contributed by atoms with van der Waals surface area (Å²) in [5.41, 5.74) is 1.38. The molecule has 1 aliphatic rings. The van der Waals surface area contributed by atoms with Gasteiger partial charge in [-0.2, -0.15) is 0 Å². The maximum Gasteiger partial charge on any atom is 0.410 e. The zero-order valence-electron chi connectivity index (χ0n) is 9.09. The smallest absolute Gasteiger partial charge is 0.410 e. The lowest BCUT2D eigenvalue weighted by Gasteiger charge is -2.23. The fourth-order valence-electron chi connectivity index (χ4n) is 1.20. The predicted octanol–water partition coefficient (Wildman–Crippen LogP) is 2.35. The summed E-state index contributed by atoms with van der Waals surface area (Å²) in [6, 6.07) is 0. The van der Waals surface area contributed by atoms with Crippen LogP contribution in [0.4, 0.5) is 4.79 Å². The van der Waals surface area contributed by atoms with Crippen LogP contribution >= 0.6 is 0 Å². The SMILES string of the molecule is C=C1CN(C(=O)OC(C)(C)C)CC1=C. The van der Waals surface area contributed by atoms with Gasteiger partial charge in [0, 0.05) is 13.1 Å². The van der Waals surface area contributed by atoms with E-state index in [0.29, 0.717) is 13.1 Å². The van der Waals surface area contributed by atoms with Crippen LogP contribution in [0, 0.1) is 0 Å². The van der Waals surface area contributed by atoms with Gasteiger partial charge in [0.1, 0.15) is 5.60 Å². The molecule has 0 N–H and O–H groups in total. The molecular weight excluding hydrogens is 178 g/mol. The van der Waals surface area contributed by atoms with Crippen LogP contribution in [0.3, 0.4) is 0 Å². The maximum atomic E-state index is 11.6. The highest BCUT2D eigenvalue weighted by molar-refractivity contribution is 5.70. The third kappa shape index (κ3) is 2.62. The Morgan fingerprint density at radius 3 is 2.07 bits per heavy atom. The number of hydrogen-bond acceptors (Lipinski definition) is 2. The van der Waals surface area contributed by atoms with Crippen molar-refractivity contribution in [2.75, 3.05) is 13.1 Å². The van der Waals surface area contributed by atoms with Gasteiger partial charge in [0.05, 0.1) is 0 Å². The normalized spacial score (nSPS) is 17.5. The molecule has 1 heterocycles. The number of carbonyl (C=O) groups is 1. The Morgan fingerprint density at radius 1 is 1.29 bits per heavy atom. The number of amides is 1. The van der Waals surface area contributed by atoms with E-state index in [1.807, 2.05) is 20.8 Å². The number of hydrogen-bond donors (Lipinski definition) is 0. The molecule has 0 aromatic heterocycles. The summed E-state index contributed by atoms with van der Waals surface area (Å²) >= 11 is 0. The second-order valence-corrected chi connectivity index (χ2v) is 4.54. The first-order valence-electron chi connectivity index (χ1n) is 4.63. The first-order valence-corrected chi connectivity index (χ1v) is 4.63. The largest absolute Gasteiger partial charge is 0.444 e. The van der Waals surface area contributed by atoms with Crippen LogP contribution in [0.5, 0.6) is 0 Å². The van der Waals surface area contributed by atoms with Gasteiger partial charge in [-0.15, -0.1) is 0 Å². The lowest BCUT2D eigenvalue weighted by molar-refractivity contribution is 0.0305. The number of rotatable bonds is 0. The molecule has 14 heavy (non-hydrogen) atoms. The molecule has 1 rings (SSSR count). The van der Waals surface area contributed by atoms with Crippen LogP contribution in [-0.4, -0.2) is 29.7 Å². The van der Waals surface area contributed by atoms with Crippen molar-refractivity contribution in [1.82, 2.24) is 4.90 Å². The molecule has 0 radical (unpaired) electrons. The van der Waals surface area contributed by atoms with Crippen molar-refractivity contribution in [3.05, 3.63) is 24.3 Å². The van der Waals surface area contributed by atoms with E-state index < -0.39 is 5.60 Å². The van der Waals surface area contributed by atoms with Crippen LogP contribution in [0.2, 0.25) is 0 Å².